The summed E-state index contributed by atoms with van der Waals surface area (Å²) in [5.41, 5.74) is 2.89. The number of benzene rings is 2. The third-order valence-corrected chi connectivity index (χ3v) is 6.49. The molecule has 160 valence electrons. The number of nitrogens with one attached hydrogen (secondary N) is 2. The van der Waals surface area contributed by atoms with Crippen molar-refractivity contribution in [2.45, 2.75) is 32.2 Å². The normalized spacial score (nSPS) is 12.7. The summed E-state index contributed by atoms with van der Waals surface area (Å²) in [5.74, 6) is 0.0481. The van der Waals surface area contributed by atoms with Gasteiger partial charge in [0.25, 0.3) is 11.8 Å². The topological polar surface area (TPSA) is 80.3 Å². The van der Waals surface area contributed by atoms with Gasteiger partial charge >= 0.3 is 0 Å². The lowest BCUT2D eigenvalue weighted by Crippen LogP contribution is -2.23. The summed E-state index contributed by atoms with van der Waals surface area (Å²) in [6, 6.07) is 12.0. The van der Waals surface area contributed by atoms with Crippen LogP contribution in [-0.4, -0.2) is 23.9 Å². The van der Waals surface area contributed by atoms with Crippen LogP contribution in [0.2, 0.25) is 5.02 Å². The van der Waals surface area contributed by atoms with E-state index in [0.29, 0.717) is 27.0 Å². The van der Waals surface area contributed by atoms with E-state index in [1.165, 1.54) is 18.4 Å². The predicted octanol–water partition coefficient (Wildman–Crippen LogP) is 4.87. The Balaban J connectivity index is 1.38. The Labute approximate surface area is 189 Å². The highest BCUT2D eigenvalue weighted by Gasteiger charge is 2.17. The van der Waals surface area contributed by atoms with Gasteiger partial charge in [0.2, 0.25) is 0 Å². The lowest BCUT2D eigenvalue weighted by atomic mass is 10.0. The van der Waals surface area contributed by atoms with Crippen LogP contribution >= 0.6 is 22.9 Å². The van der Waals surface area contributed by atoms with Crippen LogP contribution in [0.3, 0.4) is 0 Å². The van der Waals surface area contributed by atoms with Gasteiger partial charge in [0.05, 0.1) is 17.8 Å². The van der Waals surface area contributed by atoms with Crippen molar-refractivity contribution in [2.24, 2.45) is 0 Å². The highest BCUT2D eigenvalue weighted by Crippen LogP contribution is 2.30. The van der Waals surface area contributed by atoms with Gasteiger partial charge in [0.15, 0.2) is 5.13 Å². The van der Waals surface area contributed by atoms with E-state index >= 15 is 0 Å². The zero-order valence-corrected chi connectivity index (χ0v) is 18.6. The molecule has 0 radical (unpaired) electrons. The number of carbonyl (C=O) groups is 2. The van der Waals surface area contributed by atoms with Crippen molar-refractivity contribution in [2.75, 3.05) is 12.4 Å². The molecule has 1 aliphatic rings. The fourth-order valence-electron chi connectivity index (χ4n) is 3.49. The van der Waals surface area contributed by atoms with Crippen LogP contribution in [0.25, 0.3) is 0 Å². The smallest absolute Gasteiger partial charge is 0.257 e. The van der Waals surface area contributed by atoms with Crippen LogP contribution in [0, 0.1) is 0 Å². The molecular weight excluding hydrogens is 434 g/mol. The molecule has 0 fully saturated rings. The van der Waals surface area contributed by atoms with Crippen LogP contribution in [-0.2, 0) is 19.4 Å². The van der Waals surface area contributed by atoms with Crippen LogP contribution in [0.4, 0.5) is 5.13 Å². The van der Waals surface area contributed by atoms with E-state index in [-0.39, 0.29) is 18.4 Å². The molecule has 6 nitrogen and oxygen atoms in total. The van der Waals surface area contributed by atoms with Gasteiger partial charge in [-0.3, -0.25) is 14.9 Å². The third kappa shape index (κ3) is 5.06. The van der Waals surface area contributed by atoms with E-state index in [2.05, 4.69) is 15.6 Å². The number of carbonyl (C=O) groups excluding carboxylic acids is 2. The molecule has 4 rings (SSSR count). The summed E-state index contributed by atoms with van der Waals surface area (Å²) in [6.07, 6.45) is 4.35. The number of aryl methyl sites for hydroxylation is 2. The molecule has 0 unspecified atom stereocenters. The lowest BCUT2D eigenvalue weighted by Gasteiger charge is -2.09. The van der Waals surface area contributed by atoms with Crippen LogP contribution < -0.4 is 15.4 Å². The summed E-state index contributed by atoms with van der Waals surface area (Å²) in [5, 5.41) is 6.77. The zero-order chi connectivity index (χ0) is 21.8. The van der Waals surface area contributed by atoms with Gasteiger partial charge in [-0.2, -0.15) is 0 Å². The minimum atomic E-state index is -0.257. The Morgan fingerprint density at radius 1 is 1.10 bits per heavy atom. The molecule has 1 aromatic heterocycles. The molecular formula is C23H22ClN3O3S. The van der Waals surface area contributed by atoms with E-state index in [0.717, 1.165) is 30.5 Å². The SMILES string of the molecule is COc1ccc(C(=O)NCc2cccc(C(=O)Nc3nc4c(s3)CCCC4)c2)cc1Cl. The predicted molar refractivity (Wildman–Crippen MR) is 122 cm³/mol. The molecule has 8 heteroatoms. The maximum Gasteiger partial charge on any atom is 0.257 e. The quantitative estimate of drug-likeness (QED) is 0.555. The molecule has 1 aliphatic carbocycles. The highest BCUT2D eigenvalue weighted by atomic mass is 35.5. The monoisotopic (exact) mass is 455 g/mol. The summed E-state index contributed by atoms with van der Waals surface area (Å²) in [4.78, 5) is 30.9. The van der Waals surface area contributed by atoms with E-state index < -0.39 is 0 Å². The molecule has 2 N–H and O–H groups in total. The number of nitrogens with zero attached hydrogens (tertiary/aromatic N) is 1. The number of thiazole rings is 1. The van der Waals surface area contributed by atoms with Crippen LogP contribution in [0.15, 0.2) is 42.5 Å². The molecule has 31 heavy (non-hydrogen) atoms. The Hall–Kier alpha value is -2.90. The molecule has 1 heterocycles. The minimum absolute atomic E-state index is 0.207. The molecule has 0 saturated carbocycles. The first kappa shape index (κ1) is 21.3. The number of aromatic nitrogens is 1. The molecule has 2 aromatic carbocycles. The molecule has 0 atom stereocenters. The Morgan fingerprint density at radius 3 is 2.68 bits per heavy atom. The van der Waals surface area contributed by atoms with E-state index in [1.807, 2.05) is 6.07 Å². The maximum absolute atomic E-state index is 12.7. The van der Waals surface area contributed by atoms with Crippen molar-refractivity contribution in [3.05, 3.63) is 74.7 Å². The Kier molecular flexibility index (Phi) is 6.53. The highest BCUT2D eigenvalue weighted by molar-refractivity contribution is 7.15. The van der Waals surface area contributed by atoms with Crippen molar-refractivity contribution in [1.82, 2.24) is 10.3 Å². The van der Waals surface area contributed by atoms with Crippen LogP contribution in [0.5, 0.6) is 5.75 Å². The molecule has 3 aromatic rings. The Morgan fingerprint density at radius 2 is 1.90 bits per heavy atom. The fraction of sp³-hybridized carbons (Fsp3) is 0.261. The average Bonchev–Trinajstić information content (AvgIpc) is 3.19. The number of amides is 2. The van der Waals surface area contributed by atoms with Gasteiger partial charge in [0.1, 0.15) is 5.75 Å². The Bertz CT molecular complexity index is 1110. The maximum atomic E-state index is 12.7. The summed E-state index contributed by atoms with van der Waals surface area (Å²) < 4.78 is 5.11. The standard InChI is InChI=1S/C23H22ClN3O3S/c1-30-19-10-9-16(12-17(19)24)21(28)25-13-14-5-4-6-15(11-14)22(29)27-23-26-18-7-2-3-8-20(18)31-23/h4-6,9-12H,2-3,7-8,13H2,1H3,(H,25,28)(H,26,27,29). The van der Waals surface area contributed by atoms with Crippen molar-refractivity contribution in [3.8, 4) is 5.75 Å². The second-order valence-corrected chi connectivity index (χ2v) is 8.77. The van der Waals surface area contributed by atoms with Gasteiger partial charge in [-0.1, -0.05) is 23.7 Å². The second kappa shape index (κ2) is 9.49. The average molecular weight is 456 g/mol. The first-order valence-electron chi connectivity index (χ1n) is 10.0. The van der Waals surface area contributed by atoms with Crippen molar-refractivity contribution in [1.29, 1.82) is 0 Å². The summed E-state index contributed by atoms with van der Waals surface area (Å²) in [7, 11) is 1.52. The number of anilines is 1. The number of methoxy groups -OCH3 is 1. The number of halogens is 1. The number of fused-ring (bicyclic) bond motifs is 1. The number of hydrogen-bond acceptors (Lipinski definition) is 5. The number of ether oxygens (including phenoxy) is 1. The van der Waals surface area contributed by atoms with Gasteiger partial charge in [-0.15, -0.1) is 11.3 Å². The molecule has 0 saturated heterocycles. The van der Waals surface area contributed by atoms with E-state index in [4.69, 9.17) is 16.3 Å². The van der Waals surface area contributed by atoms with Gasteiger partial charge in [-0.05, 0) is 61.6 Å². The summed E-state index contributed by atoms with van der Waals surface area (Å²) in [6.45, 7) is 0.287. The van der Waals surface area contributed by atoms with Crippen molar-refractivity contribution in [3.63, 3.8) is 0 Å². The lowest BCUT2D eigenvalue weighted by molar-refractivity contribution is 0.0950. The van der Waals surface area contributed by atoms with Crippen molar-refractivity contribution < 1.29 is 14.3 Å². The first-order chi connectivity index (χ1) is 15.0. The largest absolute Gasteiger partial charge is 0.495 e. The second-order valence-electron chi connectivity index (χ2n) is 7.28. The number of rotatable bonds is 6. The summed E-state index contributed by atoms with van der Waals surface area (Å²) >= 11 is 7.65. The van der Waals surface area contributed by atoms with Gasteiger partial charge in [-0.25, -0.2) is 4.98 Å². The van der Waals surface area contributed by atoms with Gasteiger partial charge in [0, 0.05) is 22.5 Å². The number of hydrogen-bond donors (Lipinski definition) is 2. The molecule has 2 amide bonds. The third-order valence-electron chi connectivity index (χ3n) is 5.12. The molecule has 0 bridgehead atoms. The molecule has 0 spiro atoms. The molecule has 0 aliphatic heterocycles. The van der Waals surface area contributed by atoms with E-state index in [1.54, 1.807) is 47.7 Å². The van der Waals surface area contributed by atoms with Crippen molar-refractivity contribution >= 4 is 39.9 Å². The minimum Gasteiger partial charge on any atom is -0.495 e. The fourth-order valence-corrected chi connectivity index (χ4v) is 4.79. The van der Waals surface area contributed by atoms with E-state index in [9.17, 15) is 9.59 Å². The van der Waals surface area contributed by atoms with Gasteiger partial charge < -0.3 is 10.1 Å². The zero-order valence-electron chi connectivity index (χ0n) is 17.0. The first-order valence-corrected chi connectivity index (χ1v) is 11.2. The van der Waals surface area contributed by atoms with Crippen LogP contribution in [0.1, 0.15) is 49.7 Å².